The van der Waals surface area contributed by atoms with E-state index in [4.69, 9.17) is 0 Å². The Morgan fingerprint density at radius 1 is 0.607 bits per heavy atom. The third-order valence-electron chi connectivity index (χ3n) is 4.73. The SMILES string of the molecule is C.CC.CC.CC(C)(C)N1CCCCC1.CC(C)(C)S(=O)(=O)N1CCCCC1. The van der Waals surface area contributed by atoms with Gasteiger partial charge in [0.15, 0.2) is 0 Å². The Bertz CT molecular complexity index is 436. The van der Waals surface area contributed by atoms with Gasteiger partial charge < -0.3 is 0 Å². The number of nitrogens with zero attached hydrogens (tertiary/aromatic N) is 2. The number of hydrogen-bond donors (Lipinski definition) is 0. The summed E-state index contributed by atoms with van der Waals surface area (Å²) in [6.07, 6.45) is 7.42. The molecule has 0 N–H and O–H groups in total. The van der Waals surface area contributed by atoms with Crippen LogP contribution in [0.2, 0.25) is 0 Å². The maximum Gasteiger partial charge on any atom is 0.219 e. The Labute approximate surface area is 179 Å². The van der Waals surface area contributed by atoms with Crippen molar-refractivity contribution in [3.63, 3.8) is 0 Å². The molecule has 28 heavy (non-hydrogen) atoms. The Kier molecular flexibility index (Phi) is 18.2. The van der Waals surface area contributed by atoms with Crippen LogP contribution in [0.4, 0.5) is 0 Å². The fraction of sp³-hybridized carbons (Fsp3) is 1.00. The lowest BCUT2D eigenvalue weighted by Crippen LogP contribution is -2.45. The summed E-state index contributed by atoms with van der Waals surface area (Å²) in [6, 6.07) is 0. The normalized spacial score (nSPS) is 18.8. The van der Waals surface area contributed by atoms with Crippen LogP contribution in [0.25, 0.3) is 0 Å². The zero-order chi connectivity index (χ0) is 21.7. The van der Waals surface area contributed by atoms with Crippen LogP contribution in [0.3, 0.4) is 0 Å². The lowest BCUT2D eigenvalue weighted by atomic mass is 10.0. The highest BCUT2D eigenvalue weighted by Crippen LogP contribution is 2.23. The van der Waals surface area contributed by atoms with Gasteiger partial charge >= 0.3 is 0 Å². The topological polar surface area (TPSA) is 40.6 Å². The van der Waals surface area contributed by atoms with Crippen molar-refractivity contribution in [3.05, 3.63) is 0 Å². The number of sulfonamides is 1. The van der Waals surface area contributed by atoms with Crippen molar-refractivity contribution >= 4 is 10.0 Å². The Hall–Kier alpha value is -0.130. The van der Waals surface area contributed by atoms with E-state index >= 15 is 0 Å². The van der Waals surface area contributed by atoms with Crippen LogP contribution in [0.5, 0.6) is 0 Å². The molecule has 0 unspecified atom stereocenters. The highest BCUT2D eigenvalue weighted by Gasteiger charge is 2.35. The molecule has 0 radical (unpaired) electrons. The zero-order valence-corrected chi connectivity index (χ0v) is 21.0. The average Bonchev–Trinajstić information content (AvgIpc) is 2.65. The van der Waals surface area contributed by atoms with E-state index in [9.17, 15) is 8.42 Å². The van der Waals surface area contributed by atoms with Gasteiger partial charge in [-0.15, -0.1) is 0 Å². The predicted molar refractivity (Wildman–Crippen MR) is 129 cm³/mol. The molecule has 0 atom stereocenters. The monoisotopic (exact) mass is 422 g/mol. The van der Waals surface area contributed by atoms with E-state index in [2.05, 4.69) is 25.7 Å². The first-order valence-corrected chi connectivity index (χ1v) is 12.6. The third kappa shape index (κ3) is 11.8. The van der Waals surface area contributed by atoms with Crippen LogP contribution in [0, 0.1) is 0 Å². The van der Waals surface area contributed by atoms with Gasteiger partial charge in [-0.05, 0) is 80.3 Å². The number of hydrogen-bond acceptors (Lipinski definition) is 3. The van der Waals surface area contributed by atoms with E-state index in [0.717, 1.165) is 19.3 Å². The maximum absolute atomic E-state index is 11.9. The van der Waals surface area contributed by atoms with Gasteiger partial charge in [-0.2, -0.15) is 0 Å². The van der Waals surface area contributed by atoms with E-state index in [0.29, 0.717) is 18.6 Å². The van der Waals surface area contributed by atoms with Gasteiger partial charge in [0, 0.05) is 18.6 Å². The Morgan fingerprint density at radius 3 is 1.18 bits per heavy atom. The van der Waals surface area contributed by atoms with Gasteiger partial charge in [0.2, 0.25) is 10.0 Å². The first-order chi connectivity index (χ1) is 12.5. The lowest BCUT2D eigenvalue weighted by Gasteiger charge is -2.38. The largest absolute Gasteiger partial charge is 0.298 e. The molecule has 2 fully saturated rings. The third-order valence-corrected chi connectivity index (χ3v) is 7.33. The fourth-order valence-electron chi connectivity index (χ4n) is 3.06. The molecule has 2 saturated heterocycles. The molecule has 0 amide bonds. The first kappa shape index (κ1) is 32.5. The van der Waals surface area contributed by atoms with E-state index in [1.165, 1.54) is 32.4 Å². The molecule has 2 rings (SSSR count). The van der Waals surface area contributed by atoms with Crippen molar-refractivity contribution in [1.29, 1.82) is 0 Å². The van der Waals surface area contributed by atoms with E-state index in [1.807, 2.05) is 27.7 Å². The van der Waals surface area contributed by atoms with Crippen molar-refractivity contribution in [2.24, 2.45) is 0 Å². The molecule has 0 aliphatic carbocycles. The van der Waals surface area contributed by atoms with Gasteiger partial charge in [-0.25, -0.2) is 12.7 Å². The summed E-state index contributed by atoms with van der Waals surface area (Å²) in [4.78, 5) is 2.58. The Balaban J connectivity index is -0.000000375. The predicted octanol–water partition coefficient (Wildman–Crippen LogP) is 6.56. The van der Waals surface area contributed by atoms with Crippen LogP contribution >= 0.6 is 0 Å². The summed E-state index contributed by atoms with van der Waals surface area (Å²) in [6.45, 7) is 24.2. The molecular weight excluding hydrogens is 368 g/mol. The summed E-state index contributed by atoms with van der Waals surface area (Å²) in [7, 11) is -3.07. The second kappa shape index (κ2) is 15.7. The highest BCUT2D eigenvalue weighted by molar-refractivity contribution is 7.90. The minimum atomic E-state index is -3.07. The van der Waals surface area contributed by atoms with Crippen LogP contribution in [0.15, 0.2) is 0 Å². The molecule has 2 aliphatic heterocycles. The quantitative estimate of drug-likeness (QED) is 0.480. The van der Waals surface area contributed by atoms with Gasteiger partial charge in [-0.3, -0.25) is 4.90 Å². The van der Waals surface area contributed by atoms with Crippen LogP contribution in [-0.2, 0) is 10.0 Å². The standard InChI is InChI=1S/C9H19NO2S.C9H19N.2C2H6.CH4/c1-9(2,3)13(11,12)10-7-5-4-6-8-10;1-9(2,3)10-7-5-4-6-8-10;2*1-2;/h4-8H2,1-3H3;4-8H2,1-3H3;2*1-2H3;1H4. The van der Waals surface area contributed by atoms with Crippen molar-refractivity contribution in [2.45, 2.75) is 125 Å². The highest BCUT2D eigenvalue weighted by atomic mass is 32.2. The molecule has 2 aliphatic rings. The maximum atomic E-state index is 11.9. The van der Waals surface area contributed by atoms with E-state index in [1.54, 1.807) is 25.1 Å². The van der Waals surface area contributed by atoms with Crippen LogP contribution in [-0.4, -0.2) is 54.1 Å². The second-order valence-electron chi connectivity index (χ2n) is 8.80. The number of piperidine rings is 2. The molecule has 0 aromatic heterocycles. The van der Waals surface area contributed by atoms with Crippen molar-refractivity contribution in [2.75, 3.05) is 26.2 Å². The lowest BCUT2D eigenvalue weighted by molar-refractivity contribution is 0.111. The molecule has 0 spiro atoms. The van der Waals surface area contributed by atoms with Gasteiger partial charge in [0.25, 0.3) is 0 Å². The smallest absolute Gasteiger partial charge is 0.219 e. The van der Waals surface area contributed by atoms with Crippen molar-refractivity contribution in [3.8, 4) is 0 Å². The summed E-state index contributed by atoms with van der Waals surface area (Å²) in [5, 5.41) is 0. The minimum absolute atomic E-state index is 0. The second-order valence-corrected chi connectivity index (χ2v) is 11.5. The molecule has 0 aromatic rings. The summed E-state index contributed by atoms with van der Waals surface area (Å²) < 4.78 is 24.9. The molecule has 5 heteroatoms. The molecule has 0 saturated carbocycles. The molecule has 0 aromatic carbocycles. The van der Waals surface area contributed by atoms with Crippen molar-refractivity contribution in [1.82, 2.24) is 9.21 Å². The van der Waals surface area contributed by atoms with Gasteiger partial charge in [0.05, 0.1) is 4.75 Å². The molecule has 0 bridgehead atoms. The van der Waals surface area contributed by atoms with E-state index in [-0.39, 0.29) is 7.43 Å². The van der Waals surface area contributed by atoms with Crippen LogP contribution in [0.1, 0.15) is 115 Å². The Morgan fingerprint density at radius 2 is 0.929 bits per heavy atom. The summed E-state index contributed by atoms with van der Waals surface area (Å²) in [5.41, 5.74) is 0.403. The number of likely N-dealkylation sites (tertiary alicyclic amines) is 1. The van der Waals surface area contributed by atoms with Crippen molar-refractivity contribution < 1.29 is 8.42 Å². The van der Waals surface area contributed by atoms with Gasteiger partial charge in [0.1, 0.15) is 0 Å². The minimum Gasteiger partial charge on any atom is -0.298 e. The molecule has 174 valence electrons. The molecular formula is C23H54N2O2S. The zero-order valence-electron chi connectivity index (χ0n) is 20.2. The summed E-state index contributed by atoms with van der Waals surface area (Å²) in [5.74, 6) is 0. The summed E-state index contributed by atoms with van der Waals surface area (Å²) >= 11 is 0. The number of rotatable bonds is 1. The van der Waals surface area contributed by atoms with Gasteiger partial charge in [-0.1, -0.05) is 48.0 Å². The van der Waals surface area contributed by atoms with E-state index < -0.39 is 14.8 Å². The first-order valence-electron chi connectivity index (χ1n) is 11.2. The molecule has 4 nitrogen and oxygen atoms in total. The molecule has 2 heterocycles. The average molecular weight is 423 g/mol. The fourth-order valence-corrected chi connectivity index (χ4v) is 4.57. The van der Waals surface area contributed by atoms with Crippen LogP contribution < -0.4 is 0 Å².